The van der Waals surface area contributed by atoms with Crippen LogP contribution in [0.5, 0.6) is 0 Å². The molecule has 1 aromatic carbocycles. The maximum absolute atomic E-state index is 12.2. The minimum Gasteiger partial charge on any atom is -0.368 e. The molecule has 4 nitrogen and oxygen atoms in total. The van der Waals surface area contributed by atoms with Crippen molar-refractivity contribution in [2.45, 2.75) is 19.9 Å². The van der Waals surface area contributed by atoms with Crippen molar-refractivity contribution in [2.24, 2.45) is 0 Å². The van der Waals surface area contributed by atoms with Gasteiger partial charge in [-0.2, -0.15) is 0 Å². The fraction of sp³-hybridized carbons (Fsp3) is 0.562. The first kappa shape index (κ1) is 15.0. The van der Waals surface area contributed by atoms with Crippen molar-refractivity contribution in [1.29, 1.82) is 0 Å². The molecular formula is C16H25N3O. The number of likely N-dealkylation sites (N-methyl/N-ethyl adjacent to an activating group) is 1. The van der Waals surface area contributed by atoms with Gasteiger partial charge in [0.05, 0.1) is 6.54 Å². The highest BCUT2D eigenvalue weighted by Crippen LogP contribution is 2.22. The van der Waals surface area contributed by atoms with Crippen LogP contribution in [0.25, 0.3) is 0 Å². The molecular weight excluding hydrogens is 250 g/mol. The first-order valence-electron chi connectivity index (χ1n) is 7.39. The molecule has 0 bridgehead atoms. The zero-order valence-electron chi connectivity index (χ0n) is 12.7. The topological polar surface area (TPSA) is 35.6 Å². The van der Waals surface area contributed by atoms with Crippen molar-refractivity contribution in [3.05, 3.63) is 29.8 Å². The molecule has 1 N–H and O–H groups in total. The molecule has 20 heavy (non-hydrogen) atoms. The van der Waals surface area contributed by atoms with E-state index in [-0.39, 0.29) is 5.78 Å². The highest BCUT2D eigenvalue weighted by atomic mass is 16.1. The second-order valence-corrected chi connectivity index (χ2v) is 5.59. The Bertz CT molecular complexity index is 451. The number of anilines is 1. The van der Waals surface area contributed by atoms with Crippen LogP contribution in [0.15, 0.2) is 24.3 Å². The average Bonchev–Trinajstić information content (AvgIpc) is 2.47. The number of benzene rings is 1. The zero-order chi connectivity index (χ0) is 14.5. The Morgan fingerprint density at radius 3 is 2.45 bits per heavy atom. The number of ketones is 1. The molecule has 0 spiro atoms. The van der Waals surface area contributed by atoms with E-state index in [2.05, 4.69) is 35.0 Å². The van der Waals surface area contributed by atoms with Gasteiger partial charge in [0.2, 0.25) is 0 Å². The van der Waals surface area contributed by atoms with Crippen LogP contribution in [0.2, 0.25) is 0 Å². The van der Waals surface area contributed by atoms with Crippen molar-refractivity contribution in [1.82, 2.24) is 10.2 Å². The maximum Gasteiger partial charge on any atom is 0.178 e. The number of piperazine rings is 1. The summed E-state index contributed by atoms with van der Waals surface area (Å²) in [4.78, 5) is 17.0. The number of para-hydroxylation sites is 1. The van der Waals surface area contributed by atoms with Gasteiger partial charge in [0, 0.05) is 43.5 Å². The van der Waals surface area contributed by atoms with Crippen LogP contribution in [-0.4, -0.2) is 56.5 Å². The molecule has 1 aliphatic rings. The highest BCUT2D eigenvalue weighted by molar-refractivity contribution is 6.02. The Hall–Kier alpha value is -1.39. The van der Waals surface area contributed by atoms with Crippen molar-refractivity contribution in [2.75, 3.05) is 44.7 Å². The van der Waals surface area contributed by atoms with Gasteiger partial charge >= 0.3 is 0 Å². The monoisotopic (exact) mass is 275 g/mol. The number of rotatable bonds is 5. The van der Waals surface area contributed by atoms with Gasteiger partial charge in [0.1, 0.15) is 0 Å². The van der Waals surface area contributed by atoms with E-state index in [0.29, 0.717) is 12.6 Å². The molecule has 110 valence electrons. The van der Waals surface area contributed by atoms with Gasteiger partial charge in [0.15, 0.2) is 5.78 Å². The summed E-state index contributed by atoms with van der Waals surface area (Å²) in [6, 6.07) is 8.55. The lowest BCUT2D eigenvalue weighted by Crippen LogP contribution is -2.49. The molecule has 1 saturated heterocycles. The number of carbonyl (C=O) groups excluding carboxylic acids is 1. The maximum atomic E-state index is 12.2. The molecule has 0 aromatic heterocycles. The summed E-state index contributed by atoms with van der Waals surface area (Å²) in [5, 5.41) is 2.94. The van der Waals surface area contributed by atoms with E-state index in [1.54, 1.807) is 0 Å². The van der Waals surface area contributed by atoms with Crippen LogP contribution in [0.1, 0.15) is 24.2 Å². The Morgan fingerprint density at radius 1 is 1.20 bits per heavy atom. The van der Waals surface area contributed by atoms with Crippen molar-refractivity contribution in [3.63, 3.8) is 0 Å². The molecule has 0 atom stereocenters. The average molecular weight is 275 g/mol. The molecule has 1 aliphatic heterocycles. The quantitative estimate of drug-likeness (QED) is 0.828. The lowest BCUT2D eigenvalue weighted by molar-refractivity contribution is 0.0993. The first-order valence-corrected chi connectivity index (χ1v) is 7.39. The summed E-state index contributed by atoms with van der Waals surface area (Å²) in [7, 11) is 1.81. The fourth-order valence-corrected chi connectivity index (χ4v) is 2.72. The van der Waals surface area contributed by atoms with E-state index >= 15 is 0 Å². The van der Waals surface area contributed by atoms with Gasteiger partial charge in [0.25, 0.3) is 0 Å². The summed E-state index contributed by atoms with van der Waals surface area (Å²) >= 11 is 0. The van der Waals surface area contributed by atoms with E-state index in [9.17, 15) is 4.79 Å². The van der Waals surface area contributed by atoms with E-state index in [1.807, 2.05) is 25.2 Å². The Kier molecular flexibility index (Phi) is 5.15. The number of hydrogen-bond donors (Lipinski definition) is 1. The second-order valence-electron chi connectivity index (χ2n) is 5.59. The predicted molar refractivity (Wildman–Crippen MR) is 83.6 cm³/mol. The second kappa shape index (κ2) is 6.86. The first-order chi connectivity index (χ1) is 9.63. The third kappa shape index (κ3) is 3.38. The van der Waals surface area contributed by atoms with Gasteiger partial charge < -0.3 is 10.2 Å². The van der Waals surface area contributed by atoms with Crippen LogP contribution in [0.3, 0.4) is 0 Å². The highest BCUT2D eigenvalue weighted by Gasteiger charge is 2.22. The van der Waals surface area contributed by atoms with Crippen LogP contribution in [-0.2, 0) is 0 Å². The van der Waals surface area contributed by atoms with Gasteiger partial charge in [-0.15, -0.1) is 0 Å². The Labute approximate surface area is 121 Å². The van der Waals surface area contributed by atoms with Crippen LogP contribution >= 0.6 is 0 Å². The summed E-state index contributed by atoms with van der Waals surface area (Å²) < 4.78 is 0. The molecule has 0 aliphatic carbocycles. The van der Waals surface area contributed by atoms with E-state index in [0.717, 1.165) is 37.4 Å². The van der Waals surface area contributed by atoms with Crippen LogP contribution in [0.4, 0.5) is 5.69 Å². The summed E-state index contributed by atoms with van der Waals surface area (Å²) in [6.07, 6.45) is 0. The number of nitrogens with one attached hydrogen (secondary N) is 1. The minimum absolute atomic E-state index is 0.161. The summed E-state index contributed by atoms with van der Waals surface area (Å²) in [5.41, 5.74) is 1.91. The summed E-state index contributed by atoms with van der Waals surface area (Å²) in [5.74, 6) is 0.161. The van der Waals surface area contributed by atoms with Gasteiger partial charge in [-0.05, 0) is 33.0 Å². The number of nitrogens with zero attached hydrogens (tertiary/aromatic N) is 2. The van der Waals surface area contributed by atoms with Crippen LogP contribution in [0, 0.1) is 0 Å². The molecule has 0 amide bonds. The number of carbonyl (C=O) groups is 1. The molecule has 2 rings (SSSR count). The van der Waals surface area contributed by atoms with E-state index < -0.39 is 0 Å². The lowest BCUT2D eigenvalue weighted by Gasteiger charge is -2.38. The van der Waals surface area contributed by atoms with Gasteiger partial charge in [-0.1, -0.05) is 12.1 Å². The van der Waals surface area contributed by atoms with E-state index in [4.69, 9.17) is 0 Å². The third-order valence-electron chi connectivity index (χ3n) is 3.93. The number of Topliss-reactive ketones (excluding diaryl/α,β-unsaturated/α-hetero) is 1. The van der Waals surface area contributed by atoms with Gasteiger partial charge in [-0.25, -0.2) is 0 Å². The van der Waals surface area contributed by atoms with Gasteiger partial charge in [-0.3, -0.25) is 9.69 Å². The fourth-order valence-electron chi connectivity index (χ4n) is 2.72. The van der Waals surface area contributed by atoms with Crippen LogP contribution < -0.4 is 10.2 Å². The molecule has 1 fully saturated rings. The predicted octanol–water partition coefficient (Wildman–Crippen LogP) is 1.62. The third-order valence-corrected chi connectivity index (χ3v) is 3.93. The normalized spacial score (nSPS) is 16.7. The smallest absolute Gasteiger partial charge is 0.178 e. The molecule has 0 unspecified atom stereocenters. The lowest BCUT2D eigenvalue weighted by atomic mass is 10.1. The number of hydrogen-bond acceptors (Lipinski definition) is 4. The zero-order valence-corrected chi connectivity index (χ0v) is 12.7. The molecule has 1 aromatic rings. The standard InChI is InChI=1S/C16H25N3O/c1-13(2)18-8-10-19(11-9-18)15-7-5-4-6-14(15)16(20)12-17-3/h4-7,13,17H,8-12H2,1-3H3. The Balaban J connectivity index is 2.12. The van der Waals surface area contributed by atoms with Crippen molar-refractivity contribution in [3.8, 4) is 0 Å². The largest absolute Gasteiger partial charge is 0.368 e. The summed E-state index contributed by atoms with van der Waals surface area (Å²) in [6.45, 7) is 8.96. The minimum atomic E-state index is 0.161. The van der Waals surface area contributed by atoms with Crippen molar-refractivity contribution >= 4 is 11.5 Å². The Morgan fingerprint density at radius 2 is 1.85 bits per heavy atom. The van der Waals surface area contributed by atoms with Crippen molar-refractivity contribution < 1.29 is 4.79 Å². The molecule has 0 saturated carbocycles. The molecule has 0 radical (unpaired) electrons. The molecule has 1 heterocycles. The SMILES string of the molecule is CNCC(=O)c1ccccc1N1CCN(C(C)C)CC1. The molecule has 4 heteroatoms. The van der Waals surface area contributed by atoms with E-state index in [1.165, 1.54) is 0 Å².